The molecule has 1 N–H and O–H groups in total. The normalized spacial score (nSPS) is 17.9. The van der Waals surface area contributed by atoms with Crippen LogP contribution in [-0.2, 0) is 0 Å². The molecule has 0 radical (unpaired) electrons. The summed E-state index contributed by atoms with van der Waals surface area (Å²) in [6.07, 6.45) is 4.51. The van der Waals surface area contributed by atoms with Crippen molar-refractivity contribution in [2.75, 3.05) is 27.3 Å². The molecule has 5 rings (SSSR count). The van der Waals surface area contributed by atoms with Crippen molar-refractivity contribution in [1.82, 2.24) is 14.5 Å². The lowest BCUT2D eigenvalue weighted by Gasteiger charge is -2.23. The first kappa shape index (κ1) is 23.9. The molecule has 1 aliphatic carbocycles. The number of aromatic hydroxyl groups is 1. The number of hydrogen-bond donors (Lipinski definition) is 1. The molecule has 2 fully saturated rings. The molecule has 1 atom stereocenters. The summed E-state index contributed by atoms with van der Waals surface area (Å²) in [6, 6.07) is 15.3. The largest absolute Gasteiger partial charge is 0.494 e. The molecule has 2 heterocycles. The summed E-state index contributed by atoms with van der Waals surface area (Å²) >= 11 is 0. The van der Waals surface area contributed by atoms with Gasteiger partial charge in [-0.3, -0.25) is 14.2 Å². The molecule has 1 unspecified atom stereocenters. The van der Waals surface area contributed by atoms with Crippen LogP contribution in [0.2, 0.25) is 0 Å². The molecule has 0 bridgehead atoms. The van der Waals surface area contributed by atoms with Crippen molar-refractivity contribution in [3.8, 4) is 23.1 Å². The van der Waals surface area contributed by atoms with Gasteiger partial charge in [0, 0.05) is 24.9 Å². The Morgan fingerprint density at radius 2 is 1.61 bits per heavy atom. The Balaban J connectivity index is 1.62. The van der Waals surface area contributed by atoms with Crippen molar-refractivity contribution in [3.05, 3.63) is 75.8 Å². The van der Waals surface area contributed by atoms with Gasteiger partial charge in [0.15, 0.2) is 5.56 Å². The predicted octanol–water partition coefficient (Wildman–Crippen LogP) is 4.24. The van der Waals surface area contributed by atoms with Crippen LogP contribution in [0.1, 0.15) is 65.7 Å². The maximum atomic E-state index is 14.1. The lowest BCUT2D eigenvalue weighted by atomic mass is 9.99. The summed E-state index contributed by atoms with van der Waals surface area (Å²) < 4.78 is 12.6. The number of amides is 1. The number of ether oxygens (including phenoxy) is 2. The van der Waals surface area contributed by atoms with Crippen molar-refractivity contribution in [2.24, 2.45) is 0 Å². The summed E-state index contributed by atoms with van der Waals surface area (Å²) in [7, 11) is 3.04. The molecule has 1 aliphatic heterocycles. The zero-order chi connectivity index (χ0) is 25.2. The van der Waals surface area contributed by atoms with Crippen LogP contribution >= 0.6 is 0 Å². The lowest BCUT2D eigenvalue weighted by molar-refractivity contribution is 0.0784. The van der Waals surface area contributed by atoms with Gasteiger partial charge in [-0.1, -0.05) is 49.2 Å². The van der Waals surface area contributed by atoms with Gasteiger partial charge < -0.3 is 19.5 Å². The summed E-state index contributed by atoms with van der Waals surface area (Å²) in [4.78, 5) is 33.8. The van der Waals surface area contributed by atoms with Crippen molar-refractivity contribution >= 4 is 5.91 Å². The maximum Gasteiger partial charge on any atom is 0.275 e. The molecule has 8 nitrogen and oxygen atoms in total. The van der Waals surface area contributed by atoms with Gasteiger partial charge >= 0.3 is 0 Å². The zero-order valence-corrected chi connectivity index (χ0v) is 20.6. The van der Waals surface area contributed by atoms with Gasteiger partial charge in [-0.25, -0.2) is 0 Å². The zero-order valence-electron chi connectivity index (χ0n) is 20.6. The molecule has 0 spiro atoms. The number of para-hydroxylation sites is 1. The molecular formula is C28H31N3O5. The number of carbonyl (C=O) groups excluding carboxylic acids is 1. The SMILES string of the molecule is COc1cccc(OC)c1-n1c(C2CCCC2)nc(O)c(C(=O)N2CCC(c3ccccc3)C2)c1=O. The van der Waals surface area contributed by atoms with Gasteiger partial charge in [-0.15, -0.1) is 0 Å². The summed E-state index contributed by atoms with van der Waals surface area (Å²) in [6.45, 7) is 0.976. The third kappa shape index (κ3) is 4.21. The van der Waals surface area contributed by atoms with Crippen LogP contribution in [0.4, 0.5) is 0 Å². The van der Waals surface area contributed by atoms with Crippen LogP contribution in [0.15, 0.2) is 53.3 Å². The third-order valence-electron chi connectivity index (χ3n) is 7.40. The molecule has 2 aliphatic rings. The fraction of sp³-hybridized carbons (Fsp3) is 0.393. The van der Waals surface area contributed by atoms with Crippen LogP contribution in [-0.4, -0.2) is 52.8 Å². The number of rotatable bonds is 6. The Kier molecular flexibility index (Phi) is 6.67. The first-order valence-corrected chi connectivity index (χ1v) is 12.4. The number of likely N-dealkylation sites (tertiary alicyclic amines) is 1. The first-order chi connectivity index (χ1) is 17.5. The van der Waals surface area contributed by atoms with Crippen LogP contribution in [0.3, 0.4) is 0 Å². The monoisotopic (exact) mass is 489 g/mol. The lowest BCUT2D eigenvalue weighted by Crippen LogP contribution is -2.37. The second-order valence-corrected chi connectivity index (χ2v) is 9.45. The molecule has 188 valence electrons. The van der Waals surface area contributed by atoms with E-state index in [0.29, 0.717) is 36.1 Å². The van der Waals surface area contributed by atoms with Gasteiger partial charge in [0.05, 0.1) is 14.2 Å². The Bertz CT molecular complexity index is 1290. The molecule has 36 heavy (non-hydrogen) atoms. The van der Waals surface area contributed by atoms with Gasteiger partial charge in [0.2, 0.25) is 5.88 Å². The van der Waals surface area contributed by atoms with E-state index in [1.165, 1.54) is 18.8 Å². The minimum atomic E-state index is -0.611. The van der Waals surface area contributed by atoms with Gasteiger partial charge in [0.25, 0.3) is 11.5 Å². The van der Waals surface area contributed by atoms with E-state index >= 15 is 0 Å². The Morgan fingerprint density at radius 1 is 0.944 bits per heavy atom. The highest BCUT2D eigenvalue weighted by atomic mass is 16.5. The van der Waals surface area contributed by atoms with Crippen LogP contribution in [0.25, 0.3) is 5.69 Å². The molecule has 1 aromatic heterocycles. The number of benzene rings is 2. The Hall–Kier alpha value is -3.81. The van der Waals surface area contributed by atoms with E-state index in [2.05, 4.69) is 17.1 Å². The van der Waals surface area contributed by atoms with Crippen LogP contribution in [0, 0.1) is 0 Å². The first-order valence-electron chi connectivity index (χ1n) is 12.4. The maximum absolute atomic E-state index is 14.1. The van der Waals surface area contributed by atoms with E-state index in [1.54, 1.807) is 23.1 Å². The summed E-state index contributed by atoms with van der Waals surface area (Å²) in [5, 5.41) is 10.9. The van der Waals surface area contributed by atoms with E-state index in [4.69, 9.17) is 9.47 Å². The average Bonchev–Trinajstić information content (AvgIpc) is 3.61. The molecule has 2 aromatic carbocycles. The minimum Gasteiger partial charge on any atom is -0.494 e. The number of methoxy groups -OCH3 is 2. The molecule has 3 aromatic rings. The molecular weight excluding hydrogens is 458 g/mol. The van der Waals surface area contributed by atoms with Gasteiger partial charge in [0.1, 0.15) is 23.0 Å². The number of hydrogen-bond acceptors (Lipinski definition) is 6. The van der Waals surface area contributed by atoms with Crippen molar-refractivity contribution in [3.63, 3.8) is 0 Å². The molecule has 8 heteroatoms. The average molecular weight is 490 g/mol. The van der Waals surface area contributed by atoms with E-state index < -0.39 is 17.3 Å². The van der Waals surface area contributed by atoms with Crippen LogP contribution in [0.5, 0.6) is 17.4 Å². The summed E-state index contributed by atoms with van der Waals surface area (Å²) in [5.41, 5.74) is 0.612. The van der Waals surface area contributed by atoms with Crippen molar-refractivity contribution in [2.45, 2.75) is 43.9 Å². The fourth-order valence-corrected chi connectivity index (χ4v) is 5.54. The standard InChI is InChI=1S/C28H31N3O5/c1-35-21-13-8-14-22(36-2)24(21)31-25(19-11-6-7-12-19)29-26(32)23(28(31)34)27(33)30-16-15-20(17-30)18-9-4-3-5-10-18/h3-5,8-10,13-14,19-20,32H,6-7,11-12,15-17H2,1-2H3. The number of carbonyl (C=O) groups is 1. The Labute approximate surface area is 210 Å². The van der Waals surface area contributed by atoms with Crippen molar-refractivity contribution in [1.29, 1.82) is 0 Å². The second-order valence-electron chi connectivity index (χ2n) is 9.45. The highest BCUT2D eigenvalue weighted by molar-refractivity contribution is 5.96. The highest BCUT2D eigenvalue weighted by Gasteiger charge is 2.35. The quantitative estimate of drug-likeness (QED) is 0.557. The van der Waals surface area contributed by atoms with E-state index in [-0.39, 0.29) is 17.4 Å². The minimum absolute atomic E-state index is 0.0170. The van der Waals surface area contributed by atoms with Gasteiger partial charge in [-0.2, -0.15) is 4.98 Å². The second kappa shape index (κ2) is 10.0. The smallest absolute Gasteiger partial charge is 0.275 e. The number of nitrogens with zero attached hydrogens (tertiary/aromatic N) is 3. The Morgan fingerprint density at radius 3 is 2.25 bits per heavy atom. The van der Waals surface area contributed by atoms with E-state index in [0.717, 1.165) is 37.7 Å². The van der Waals surface area contributed by atoms with Crippen LogP contribution < -0.4 is 15.0 Å². The predicted molar refractivity (Wildman–Crippen MR) is 136 cm³/mol. The fourth-order valence-electron chi connectivity index (χ4n) is 5.54. The van der Waals surface area contributed by atoms with E-state index in [9.17, 15) is 14.7 Å². The summed E-state index contributed by atoms with van der Waals surface area (Å²) in [5.74, 6) is 0.414. The topological polar surface area (TPSA) is 93.9 Å². The number of aromatic nitrogens is 2. The van der Waals surface area contributed by atoms with E-state index in [1.807, 2.05) is 18.2 Å². The van der Waals surface area contributed by atoms with Gasteiger partial charge in [-0.05, 0) is 37.0 Å². The van der Waals surface area contributed by atoms with Crippen molar-refractivity contribution < 1.29 is 19.4 Å². The highest BCUT2D eigenvalue weighted by Crippen LogP contribution is 2.39. The third-order valence-corrected chi connectivity index (χ3v) is 7.40. The molecule has 1 saturated heterocycles. The molecule has 1 saturated carbocycles. The molecule has 1 amide bonds.